The summed E-state index contributed by atoms with van der Waals surface area (Å²) in [6.45, 7) is 0. The number of nitrogens with two attached hydrogens (primary N) is 1. The third-order valence-corrected chi connectivity index (χ3v) is 3.33. The van der Waals surface area contributed by atoms with Crippen molar-refractivity contribution in [2.45, 2.75) is 4.90 Å². The molecule has 2 N–H and O–H groups in total. The molecule has 6 nitrogen and oxygen atoms in total. The molecule has 0 atom stereocenters. The Morgan fingerprint density at radius 3 is 2.33 bits per heavy atom. The molecule has 0 spiro atoms. The van der Waals surface area contributed by atoms with Crippen LogP contribution < -0.4 is 5.73 Å². The number of halogens is 2. The summed E-state index contributed by atoms with van der Waals surface area (Å²) >= 11 is 5.52. The maximum absolute atomic E-state index is 11.0. The molecule has 9 heteroatoms. The number of nitrogen functional groups attached to an aromatic ring is 1. The number of rotatable bonds is 2. The van der Waals surface area contributed by atoms with Gasteiger partial charge in [0.2, 0.25) is 0 Å². The van der Waals surface area contributed by atoms with Crippen molar-refractivity contribution in [3.8, 4) is 0 Å². The lowest BCUT2D eigenvalue weighted by atomic mass is 10.3. The highest BCUT2D eigenvalue weighted by atomic mass is 35.7. The molecule has 1 aromatic rings. The van der Waals surface area contributed by atoms with Crippen LogP contribution in [-0.2, 0) is 9.05 Å². The van der Waals surface area contributed by atoms with E-state index in [1.807, 2.05) is 0 Å². The van der Waals surface area contributed by atoms with Crippen LogP contribution in [0.4, 0.5) is 11.4 Å². The third kappa shape index (κ3) is 2.49. The fourth-order valence-electron chi connectivity index (χ4n) is 0.903. The van der Waals surface area contributed by atoms with Crippen LogP contribution in [0.15, 0.2) is 17.0 Å². The predicted octanol–water partition coefficient (Wildman–Crippen LogP) is 1.76. The summed E-state index contributed by atoms with van der Waals surface area (Å²) in [6.07, 6.45) is 0. The molecule has 1 aromatic carbocycles. The van der Waals surface area contributed by atoms with Gasteiger partial charge in [0.15, 0.2) is 0 Å². The molecule has 1 rings (SSSR count). The van der Waals surface area contributed by atoms with Crippen molar-refractivity contribution in [3.63, 3.8) is 0 Å². The van der Waals surface area contributed by atoms with E-state index < -0.39 is 24.6 Å². The molecule has 0 saturated heterocycles. The predicted molar refractivity (Wildman–Crippen MR) is 55.6 cm³/mol. The summed E-state index contributed by atoms with van der Waals surface area (Å²) in [5.74, 6) is 0. The number of nitrogens with zero attached hydrogens (tertiary/aromatic N) is 1. The standard InChI is InChI=1S/C6H4Cl2N2O4S/c7-3-1-4(9)5(10(11)12)2-6(3)15(8,13)14/h1-2H,9H2. The van der Waals surface area contributed by atoms with Gasteiger partial charge in [0, 0.05) is 16.7 Å². The molecule has 0 aromatic heterocycles. The van der Waals surface area contributed by atoms with Crippen molar-refractivity contribution in [1.82, 2.24) is 0 Å². The topological polar surface area (TPSA) is 103 Å². The summed E-state index contributed by atoms with van der Waals surface area (Å²) in [7, 11) is 0.891. The second-order valence-corrected chi connectivity index (χ2v) is 5.48. The van der Waals surface area contributed by atoms with Gasteiger partial charge in [0.1, 0.15) is 10.6 Å². The van der Waals surface area contributed by atoms with Crippen molar-refractivity contribution < 1.29 is 13.3 Å². The Balaban J connectivity index is 3.58. The molecule has 0 aliphatic carbocycles. The van der Waals surface area contributed by atoms with Crippen LogP contribution in [0.2, 0.25) is 5.02 Å². The lowest BCUT2D eigenvalue weighted by Crippen LogP contribution is -1.99. The van der Waals surface area contributed by atoms with Crippen molar-refractivity contribution in [2.75, 3.05) is 5.73 Å². The molecule has 0 amide bonds. The van der Waals surface area contributed by atoms with Gasteiger partial charge in [-0.3, -0.25) is 10.1 Å². The first-order chi connectivity index (χ1) is 6.73. The van der Waals surface area contributed by atoms with E-state index in [4.69, 9.17) is 28.0 Å². The number of nitro groups is 1. The Hall–Kier alpha value is -1.05. The maximum Gasteiger partial charge on any atom is 0.293 e. The number of nitro benzene ring substituents is 1. The van der Waals surface area contributed by atoms with E-state index in [9.17, 15) is 18.5 Å². The van der Waals surface area contributed by atoms with Gasteiger partial charge in [-0.2, -0.15) is 0 Å². The van der Waals surface area contributed by atoms with Crippen LogP contribution in [0.1, 0.15) is 0 Å². The molecule has 0 radical (unpaired) electrons. The van der Waals surface area contributed by atoms with Crippen molar-refractivity contribution in [1.29, 1.82) is 0 Å². The number of benzene rings is 1. The quantitative estimate of drug-likeness (QED) is 0.382. The smallest absolute Gasteiger partial charge is 0.293 e. The van der Waals surface area contributed by atoms with Crippen molar-refractivity contribution in [2.24, 2.45) is 0 Å². The van der Waals surface area contributed by atoms with E-state index in [1.165, 1.54) is 0 Å². The van der Waals surface area contributed by atoms with Gasteiger partial charge in [-0.05, 0) is 6.07 Å². The Morgan fingerprint density at radius 2 is 1.93 bits per heavy atom. The van der Waals surface area contributed by atoms with Gasteiger partial charge in [0.05, 0.1) is 9.95 Å². The minimum Gasteiger partial charge on any atom is -0.393 e. The van der Waals surface area contributed by atoms with Gasteiger partial charge in [-0.1, -0.05) is 11.6 Å². The molecule has 0 unspecified atom stereocenters. The van der Waals surface area contributed by atoms with Gasteiger partial charge in [-0.25, -0.2) is 8.42 Å². The number of hydrogen-bond acceptors (Lipinski definition) is 5. The first kappa shape index (κ1) is 12.0. The van der Waals surface area contributed by atoms with E-state index in [-0.39, 0.29) is 10.7 Å². The summed E-state index contributed by atoms with van der Waals surface area (Å²) in [4.78, 5) is 9.10. The second kappa shape index (κ2) is 3.84. The second-order valence-electron chi connectivity index (χ2n) is 2.54. The highest BCUT2D eigenvalue weighted by Gasteiger charge is 2.22. The SMILES string of the molecule is Nc1cc(Cl)c(S(=O)(=O)Cl)cc1[N+](=O)[O-]. The minimum atomic E-state index is -4.13. The third-order valence-electron chi connectivity index (χ3n) is 1.54. The van der Waals surface area contributed by atoms with Crippen LogP contribution in [0.3, 0.4) is 0 Å². The number of hydrogen-bond donors (Lipinski definition) is 1. The normalized spacial score (nSPS) is 11.3. The summed E-state index contributed by atoms with van der Waals surface area (Å²) in [6, 6.07) is 1.69. The van der Waals surface area contributed by atoms with Gasteiger partial charge in [-0.15, -0.1) is 0 Å². The van der Waals surface area contributed by atoms with Crippen LogP contribution >= 0.6 is 22.3 Å². The Morgan fingerprint density at radius 1 is 1.40 bits per heavy atom. The van der Waals surface area contributed by atoms with E-state index in [2.05, 4.69) is 0 Å². The fourth-order valence-corrected chi connectivity index (χ4v) is 2.43. The monoisotopic (exact) mass is 270 g/mol. The lowest BCUT2D eigenvalue weighted by Gasteiger charge is -2.02. The minimum absolute atomic E-state index is 0.228. The Labute approximate surface area is 94.2 Å². The van der Waals surface area contributed by atoms with Crippen molar-refractivity contribution in [3.05, 3.63) is 27.3 Å². The Bertz CT molecular complexity index is 528. The first-order valence-electron chi connectivity index (χ1n) is 3.41. The van der Waals surface area contributed by atoms with Crippen LogP contribution in [0, 0.1) is 10.1 Å². The fraction of sp³-hybridized carbons (Fsp3) is 0. The van der Waals surface area contributed by atoms with Crippen LogP contribution in [-0.4, -0.2) is 13.3 Å². The maximum atomic E-state index is 11.0. The first-order valence-corrected chi connectivity index (χ1v) is 6.10. The highest BCUT2D eigenvalue weighted by molar-refractivity contribution is 8.13. The molecular formula is C6H4Cl2N2O4S. The van der Waals surface area contributed by atoms with Crippen LogP contribution in [0.25, 0.3) is 0 Å². The molecule has 0 aliphatic heterocycles. The number of anilines is 1. The summed E-state index contributed by atoms with van der Waals surface area (Å²) < 4.78 is 21.9. The molecule has 0 bridgehead atoms. The zero-order valence-electron chi connectivity index (χ0n) is 6.98. The zero-order chi connectivity index (χ0) is 11.8. The zero-order valence-corrected chi connectivity index (χ0v) is 9.30. The average Bonchev–Trinajstić information content (AvgIpc) is 2.00. The Kier molecular flexibility index (Phi) is 3.08. The van der Waals surface area contributed by atoms with E-state index >= 15 is 0 Å². The summed E-state index contributed by atoms with van der Waals surface area (Å²) in [5.41, 5.74) is 4.49. The molecule has 0 aliphatic rings. The van der Waals surface area contributed by atoms with Crippen molar-refractivity contribution >= 4 is 42.7 Å². The van der Waals surface area contributed by atoms with Crippen LogP contribution in [0.5, 0.6) is 0 Å². The van der Waals surface area contributed by atoms with E-state index in [1.54, 1.807) is 0 Å². The molecule has 0 fully saturated rings. The molecule has 82 valence electrons. The molecular weight excluding hydrogens is 267 g/mol. The lowest BCUT2D eigenvalue weighted by molar-refractivity contribution is -0.384. The molecule has 0 heterocycles. The molecule has 0 saturated carbocycles. The largest absolute Gasteiger partial charge is 0.393 e. The van der Waals surface area contributed by atoms with Gasteiger partial charge >= 0.3 is 0 Å². The summed E-state index contributed by atoms with van der Waals surface area (Å²) in [5, 5.41) is 10.2. The molecule has 15 heavy (non-hydrogen) atoms. The highest BCUT2D eigenvalue weighted by Crippen LogP contribution is 2.33. The van der Waals surface area contributed by atoms with E-state index in [0.29, 0.717) is 0 Å². The van der Waals surface area contributed by atoms with Gasteiger partial charge in [0.25, 0.3) is 14.7 Å². The van der Waals surface area contributed by atoms with E-state index in [0.717, 1.165) is 12.1 Å². The average molecular weight is 271 g/mol. The van der Waals surface area contributed by atoms with Gasteiger partial charge < -0.3 is 5.73 Å².